The second kappa shape index (κ2) is 5.73. The minimum atomic E-state index is -0.574. The van der Waals surface area contributed by atoms with Crippen LogP contribution in [0, 0.1) is 0 Å². The van der Waals surface area contributed by atoms with Crippen molar-refractivity contribution in [3.8, 4) is 0 Å². The Morgan fingerprint density at radius 1 is 1.15 bits per heavy atom. The summed E-state index contributed by atoms with van der Waals surface area (Å²) in [6.45, 7) is 0.407. The minimum Gasteiger partial charge on any atom is -0.388 e. The Morgan fingerprint density at radius 3 is 2.75 bits per heavy atom. The number of nitrogens with two attached hydrogens (primary N) is 1. The molecule has 1 heterocycles. The number of aryl methyl sites for hydroxylation is 2. The standard InChI is InChI=1S/C17H20N2O/c18-10-16(15-5-2-8-19-11-15)17(20)14-7-6-12-3-1-4-13(12)9-14/h2,5-9,11,16-17,20H,1,3-4,10,18H2. The number of hydrogen-bond acceptors (Lipinski definition) is 3. The van der Waals surface area contributed by atoms with Crippen LogP contribution in [0.5, 0.6) is 0 Å². The number of fused-ring (bicyclic) bond motifs is 1. The monoisotopic (exact) mass is 268 g/mol. The van der Waals surface area contributed by atoms with Crippen molar-refractivity contribution < 1.29 is 5.11 Å². The first-order chi connectivity index (χ1) is 9.79. The van der Waals surface area contributed by atoms with E-state index < -0.39 is 6.10 Å². The first-order valence-corrected chi connectivity index (χ1v) is 7.19. The lowest BCUT2D eigenvalue weighted by Crippen LogP contribution is -2.20. The molecular weight excluding hydrogens is 248 g/mol. The molecule has 20 heavy (non-hydrogen) atoms. The maximum atomic E-state index is 10.7. The molecule has 2 unspecified atom stereocenters. The fourth-order valence-electron chi connectivity index (χ4n) is 3.05. The van der Waals surface area contributed by atoms with Gasteiger partial charge in [-0.3, -0.25) is 4.98 Å². The quantitative estimate of drug-likeness (QED) is 0.895. The molecule has 0 saturated heterocycles. The maximum Gasteiger partial charge on any atom is 0.0871 e. The molecule has 0 bridgehead atoms. The highest BCUT2D eigenvalue weighted by molar-refractivity contribution is 5.37. The normalized spacial score (nSPS) is 16.7. The predicted molar refractivity (Wildman–Crippen MR) is 79.5 cm³/mol. The van der Waals surface area contributed by atoms with Crippen LogP contribution in [0.4, 0.5) is 0 Å². The van der Waals surface area contributed by atoms with Gasteiger partial charge in [0.05, 0.1) is 6.10 Å². The van der Waals surface area contributed by atoms with Gasteiger partial charge in [0.25, 0.3) is 0 Å². The summed E-state index contributed by atoms with van der Waals surface area (Å²) >= 11 is 0. The highest BCUT2D eigenvalue weighted by Crippen LogP contribution is 2.32. The lowest BCUT2D eigenvalue weighted by Gasteiger charge is -2.22. The molecule has 3 rings (SSSR count). The van der Waals surface area contributed by atoms with Crippen molar-refractivity contribution in [2.24, 2.45) is 5.73 Å². The molecule has 1 aromatic heterocycles. The summed E-state index contributed by atoms with van der Waals surface area (Å²) in [6, 6.07) is 10.2. The summed E-state index contributed by atoms with van der Waals surface area (Å²) in [5.74, 6) is -0.108. The molecule has 0 amide bonds. The summed E-state index contributed by atoms with van der Waals surface area (Å²) in [7, 11) is 0. The van der Waals surface area contributed by atoms with Crippen LogP contribution < -0.4 is 5.73 Å². The van der Waals surface area contributed by atoms with Crippen LogP contribution in [0.1, 0.15) is 40.7 Å². The lowest BCUT2D eigenvalue weighted by molar-refractivity contribution is 0.147. The van der Waals surface area contributed by atoms with E-state index in [9.17, 15) is 5.11 Å². The Kier molecular flexibility index (Phi) is 3.81. The van der Waals surface area contributed by atoms with E-state index in [1.807, 2.05) is 18.2 Å². The van der Waals surface area contributed by atoms with Crippen LogP contribution in [0.25, 0.3) is 0 Å². The molecule has 104 valence electrons. The smallest absolute Gasteiger partial charge is 0.0871 e. The SMILES string of the molecule is NCC(c1cccnc1)C(O)c1ccc2c(c1)CCC2. The molecule has 0 aliphatic heterocycles. The largest absolute Gasteiger partial charge is 0.388 e. The highest BCUT2D eigenvalue weighted by atomic mass is 16.3. The van der Waals surface area contributed by atoms with E-state index in [2.05, 4.69) is 17.1 Å². The maximum absolute atomic E-state index is 10.7. The van der Waals surface area contributed by atoms with Gasteiger partial charge >= 0.3 is 0 Å². The average molecular weight is 268 g/mol. The number of aliphatic hydroxyl groups is 1. The second-order valence-electron chi connectivity index (χ2n) is 5.46. The third kappa shape index (κ3) is 2.47. The van der Waals surface area contributed by atoms with Gasteiger partial charge in [-0.15, -0.1) is 0 Å². The summed E-state index contributed by atoms with van der Waals surface area (Å²) in [6.07, 6.45) is 6.45. The molecule has 1 aliphatic carbocycles. The van der Waals surface area contributed by atoms with Crippen LogP contribution >= 0.6 is 0 Å². The Morgan fingerprint density at radius 2 is 2.00 bits per heavy atom. The summed E-state index contributed by atoms with van der Waals surface area (Å²) in [5.41, 5.74) is 10.6. The summed E-state index contributed by atoms with van der Waals surface area (Å²) in [4.78, 5) is 4.12. The zero-order chi connectivity index (χ0) is 13.9. The number of hydrogen-bond donors (Lipinski definition) is 2. The van der Waals surface area contributed by atoms with E-state index >= 15 is 0 Å². The van der Waals surface area contributed by atoms with Crippen LogP contribution in [-0.2, 0) is 12.8 Å². The molecule has 0 saturated carbocycles. The van der Waals surface area contributed by atoms with Crippen molar-refractivity contribution in [1.29, 1.82) is 0 Å². The lowest BCUT2D eigenvalue weighted by atomic mass is 9.89. The fourth-order valence-corrected chi connectivity index (χ4v) is 3.05. The predicted octanol–water partition coefficient (Wildman–Crippen LogP) is 2.35. The topological polar surface area (TPSA) is 59.1 Å². The van der Waals surface area contributed by atoms with Gasteiger partial charge in [-0.25, -0.2) is 0 Å². The number of aromatic nitrogens is 1. The highest BCUT2D eigenvalue weighted by Gasteiger charge is 2.23. The Balaban J connectivity index is 1.89. The van der Waals surface area contributed by atoms with Crippen molar-refractivity contribution in [3.05, 3.63) is 65.0 Å². The molecule has 3 heteroatoms. The van der Waals surface area contributed by atoms with Crippen molar-refractivity contribution in [3.63, 3.8) is 0 Å². The van der Waals surface area contributed by atoms with Crippen LogP contribution in [0.15, 0.2) is 42.7 Å². The van der Waals surface area contributed by atoms with Crippen molar-refractivity contribution >= 4 is 0 Å². The molecule has 2 aromatic rings. The third-order valence-electron chi connectivity index (χ3n) is 4.21. The first-order valence-electron chi connectivity index (χ1n) is 7.19. The Bertz CT molecular complexity index is 583. The zero-order valence-corrected chi connectivity index (χ0v) is 11.5. The van der Waals surface area contributed by atoms with Crippen LogP contribution in [-0.4, -0.2) is 16.6 Å². The Hall–Kier alpha value is -1.71. The number of pyridine rings is 1. The molecular formula is C17H20N2O. The third-order valence-corrected chi connectivity index (χ3v) is 4.21. The van der Waals surface area contributed by atoms with Gasteiger partial charge in [0.15, 0.2) is 0 Å². The van der Waals surface area contributed by atoms with E-state index in [0.29, 0.717) is 6.54 Å². The van der Waals surface area contributed by atoms with Gasteiger partial charge in [-0.1, -0.05) is 24.3 Å². The van der Waals surface area contributed by atoms with E-state index in [4.69, 9.17) is 5.73 Å². The number of rotatable bonds is 4. The van der Waals surface area contributed by atoms with Crippen molar-refractivity contribution in [2.45, 2.75) is 31.3 Å². The molecule has 3 N–H and O–H groups in total. The van der Waals surface area contributed by atoms with Crippen LogP contribution in [0.2, 0.25) is 0 Å². The van der Waals surface area contributed by atoms with Crippen LogP contribution in [0.3, 0.4) is 0 Å². The van der Waals surface area contributed by atoms with Gasteiger partial charge in [0, 0.05) is 24.9 Å². The fraction of sp³-hybridized carbons (Fsp3) is 0.353. The number of benzene rings is 1. The Labute approximate surface area is 119 Å². The van der Waals surface area contributed by atoms with Crippen molar-refractivity contribution in [1.82, 2.24) is 4.98 Å². The number of aliphatic hydroxyl groups excluding tert-OH is 1. The van der Waals surface area contributed by atoms with Gasteiger partial charge in [0.2, 0.25) is 0 Å². The summed E-state index contributed by atoms with van der Waals surface area (Å²) in [5, 5.41) is 10.7. The first kappa shape index (κ1) is 13.3. The van der Waals surface area contributed by atoms with E-state index in [1.54, 1.807) is 12.4 Å². The van der Waals surface area contributed by atoms with Crippen molar-refractivity contribution in [2.75, 3.05) is 6.54 Å². The molecule has 1 aliphatic rings. The zero-order valence-electron chi connectivity index (χ0n) is 11.5. The molecule has 0 radical (unpaired) electrons. The average Bonchev–Trinajstić information content (AvgIpc) is 2.96. The minimum absolute atomic E-state index is 0.108. The molecule has 0 spiro atoms. The summed E-state index contributed by atoms with van der Waals surface area (Å²) < 4.78 is 0. The molecule has 1 aromatic carbocycles. The van der Waals surface area contributed by atoms with Gasteiger partial charge in [0.1, 0.15) is 0 Å². The second-order valence-corrected chi connectivity index (χ2v) is 5.46. The number of nitrogens with zero attached hydrogens (tertiary/aromatic N) is 1. The molecule has 2 atom stereocenters. The van der Waals surface area contributed by atoms with Gasteiger partial charge in [-0.05, 0) is 47.6 Å². The van der Waals surface area contributed by atoms with Gasteiger partial charge in [-0.2, -0.15) is 0 Å². The molecule has 3 nitrogen and oxygen atoms in total. The van der Waals surface area contributed by atoms with E-state index in [-0.39, 0.29) is 5.92 Å². The van der Waals surface area contributed by atoms with E-state index in [0.717, 1.165) is 24.0 Å². The molecule has 0 fully saturated rings. The van der Waals surface area contributed by atoms with E-state index in [1.165, 1.54) is 17.5 Å². The van der Waals surface area contributed by atoms with Gasteiger partial charge < -0.3 is 10.8 Å².